The quantitative estimate of drug-likeness (QED) is 0.675. The van der Waals surface area contributed by atoms with Crippen molar-refractivity contribution in [2.24, 2.45) is 0 Å². The van der Waals surface area contributed by atoms with E-state index in [1.165, 1.54) is 0 Å². The zero-order valence-corrected chi connectivity index (χ0v) is 17.3. The summed E-state index contributed by atoms with van der Waals surface area (Å²) in [5.74, 6) is 1.50. The third-order valence-electron chi connectivity index (χ3n) is 6.06. The molecule has 3 heterocycles. The zero-order valence-electron chi connectivity index (χ0n) is 17.3. The lowest BCUT2D eigenvalue weighted by molar-refractivity contribution is 0.145. The number of anilines is 3. The maximum absolute atomic E-state index is 9.77. The molecule has 0 radical (unpaired) electrons. The summed E-state index contributed by atoms with van der Waals surface area (Å²) < 4.78 is 0. The van der Waals surface area contributed by atoms with Crippen LogP contribution >= 0.6 is 0 Å². The Bertz CT molecular complexity index is 1130. The van der Waals surface area contributed by atoms with Crippen LogP contribution in [0.1, 0.15) is 36.1 Å². The Morgan fingerprint density at radius 2 is 1.87 bits per heavy atom. The fourth-order valence-corrected chi connectivity index (χ4v) is 4.39. The Kier molecular flexibility index (Phi) is 5.23. The van der Waals surface area contributed by atoms with Gasteiger partial charge in [0, 0.05) is 48.0 Å². The molecule has 156 valence electrons. The summed E-state index contributed by atoms with van der Waals surface area (Å²) in [6.07, 6.45) is 7.69. The van der Waals surface area contributed by atoms with Crippen molar-refractivity contribution in [3.05, 3.63) is 59.5 Å². The number of pyridine rings is 1. The summed E-state index contributed by atoms with van der Waals surface area (Å²) in [4.78, 5) is 15.9. The number of aryl methyl sites for hydroxylation is 1. The highest BCUT2D eigenvalue weighted by molar-refractivity contribution is 5.71. The first kappa shape index (κ1) is 19.5. The molecule has 0 unspecified atom stereocenters. The molecule has 1 fully saturated rings. The molecule has 3 aromatic rings. The van der Waals surface area contributed by atoms with Gasteiger partial charge < -0.3 is 15.3 Å². The van der Waals surface area contributed by atoms with Gasteiger partial charge in [-0.25, -0.2) is 9.97 Å². The van der Waals surface area contributed by atoms with Gasteiger partial charge in [0.2, 0.25) is 0 Å². The third-order valence-corrected chi connectivity index (χ3v) is 6.06. The first-order chi connectivity index (χ1) is 15.2. The number of hydrogen-bond donors (Lipinski definition) is 2. The maximum atomic E-state index is 9.77. The van der Waals surface area contributed by atoms with Crippen molar-refractivity contribution in [3.8, 4) is 17.5 Å². The normalized spacial score (nSPS) is 16.1. The largest absolute Gasteiger partial charge is 0.393 e. The Hall–Kier alpha value is -3.50. The first-order valence-electron chi connectivity index (χ1n) is 10.8. The molecule has 5 rings (SSSR count). The molecule has 2 aliphatic rings. The van der Waals surface area contributed by atoms with E-state index in [1.807, 2.05) is 30.3 Å². The molecule has 1 aromatic carbocycles. The van der Waals surface area contributed by atoms with Crippen LogP contribution in [0.2, 0.25) is 0 Å². The minimum atomic E-state index is -0.239. The molecular formula is C24H24N6O. The lowest BCUT2D eigenvalue weighted by atomic mass is 10.0. The highest BCUT2D eigenvalue weighted by Crippen LogP contribution is 2.33. The van der Waals surface area contributed by atoms with E-state index in [2.05, 4.69) is 21.3 Å². The molecule has 0 atom stereocenters. The van der Waals surface area contributed by atoms with Crippen LogP contribution in [0, 0.1) is 11.3 Å². The summed E-state index contributed by atoms with van der Waals surface area (Å²) >= 11 is 0. The van der Waals surface area contributed by atoms with Crippen molar-refractivity contribution >= 4 is 17.2 Å². The molecule has 0 spiro atoms. The molecule has 31 heavy (non-hydrogen) atoms. The number of hydrogen-bond acceptors (Lipinski definition) is 7. The smallest absolute Gasteiger partial charge is 0.161 e. The number of nitriles is 1. The Balaban J connectivity index is 1.46. The second-order valence-electron chi connectivity index (χ2n) is 8.10. The van der Waals surface area contributed by atoms with Gasteiger partial charge in [-0.1, -0.05) is 0 Å². The van der Waals surface area contributed by atoms with Gasteiger partial charge in [-0.2, -0.15) is 5.26 Å². The topological polar surface area (TPSA) is 98.0 Å². The second kappa shape index (κ2) is 8.32. The van der Waals surface area contributed by atoms with Gasteiger partial charge in [-0.15, -0.1) is 0 Å². The molecule has 0 bridgehead atoms. The minimum absolute atomic E-state index is 0.239. The van der Waals surface area contributed by atoms with E-state index >= 15 is 0 Å². The monoisotopic (exact) mass is 412 g/mol. The Morgan fingerprint density at radius 1 is 1.06 bits per heavy atom. The summed E-state index contributed by atoms with van der Waals surface area (Å²) in [6, 6.07) is 12.0. The number of rotatable bonds is 4. The van der Waals surface area contributed by atoms with Crippen LogP contribution in [0.4, 0.5) is 17.2 Å². The number of benzene rings is 1. The van der Waals surface area contributed by atoms with Crippen LogP contribution in [0.5, 0.6) is 0 Å². The number of piperidine rings is 1. The number of nitrogens with one attached hydrogen (secondary N) is 1. The van der Waals surface area contributed by atoms with E-state index in [0.717, 1.165) is 79.2 Å². The summed E-state index contributed by atoms with van der Waals surface area (Å²) in [5.41, 5.74) is 5.57. The van der Waals surface area contributed by atoms with Crippen LogP contribution in [-0.4, -0.2) is 39.3 Å². The highest BCUT2D eigenvalue weighted by atomic mass is 16.3. The fraction of sp³-hybridized carbons (Fsp3) is 0.333. The highest BCUT2D eigenvalue weighted by Gasteiger charge is 2.22. The van der Waals surface area contributed by atoms with Crippen molar-refractivity contribution in [3.63, 3.8) is 0 Å². The summed E-state index contributed by atoms with van der Waals surface area (Å²) in [6.45, 7) is 1.52. The van der Waals surface area contributed by atoms with Gasteiger partial charge in [0.1, 0.15) is 11.9 Å². The van der Waals surface area contributed by atoms with Crippen LogP contribution in [-0.2, 0) is 12.8 Å². The van der Waals surface area contributed by atoms with Gasteiger partial charge in [-0.05, 0) is 62.4 Å². The lowest BCUT2D eigenvalue weighted by Crippen LogP contribution is -2.36. The van der Waals surface area contributed by atoms with Crippen molar-refractivity contribution in [1.82, 2.24) is 15.0 Å². The zero-order chi connectivity index (χ0) is 21.2. The molecule has 0 saturated carbocycles. The van der Waals surface area contributed by atoms with Gasteiger partial charge in [0.05, 0.1) is 17.4 Å². The molecule has 0 amide bonds. The molecular weight excluding hydrogens is 388 g/mol. The average Bonchev–Trinajstić information content (AvgIpc) is 3.29. The van der Waals surface area contributed by atoms with Crippen molar-refractivity contribution in [1.29, 1.82) is 5.26 Å². The molecule has 7 nitrogen and oxygen atoms in total. The van der Waals surface area contributed by atoms with E-state index < -0.39 is 0 Å². The van der Waals surface area contributed by atoms with Gasteiger partial charge in [0.15, 0.2) is 5.82 Å². The van der Waals surface area contributed by atoms with E-state index in [1.54, 1.807) is 12.4 Å². The summed E-state index contributed by atoms with van der Waals surface area (Å²) in [5, 5.41) is 23.0. The molecule has 2 N–H and O–H groups in total. The maximum Gasteiger partial charge on any atom is 0.161 e. The Morgan fingerprint density at radius 3 is 2.65 bits per heavy atom. The molecule has 7 heteroatoms. The predicted octanol–water partition coefficient (Wildman–Crippen LogP) is 3.60. The standard InChI is InChI=1S/C24H24N6O/c25-15-17-14-18(4-5-22(17)30-12-8-19(31)9-13-30)27-24-20-2-1-3-21(20)28-23(29-24)16-6-10-26-11-7-16/h4-7,10-11,14,19,31H,1-3,8-9,12-13H2,(H,27,28,29). The van der Waals surface area contributed by atoms with Crippen LogP contribution in [0.25, 0.3) is 11.4 Å². The van der Waals surface area contributed by atoms with Crippen LogP contribution < -0.4 is 10.2 Å². The van der Waals surface area contributed by atoms with E-state index in [0.29, 0.717) is 11.4 Å². The Labute approximate surface area is 181 Å². The third kappa shape index (κ3) is 3.94. The number of aliphatic hydroxyl groups excluding tert-OH is 1. The second-order valence-corrected chi connectivity index (χ2v) is 8.10. The molecule has 1 aliphatic carbocycles. The number of fused-ring (bicyclic) bond motifs is 1. The van der Waals surface area contributed by atoms with Crippen LogP contribution in [0.3, 0.4) is 0 Å². The lowest BCUT2D eigenvalue weighted by Gasteiger charge is -2.32. The molecule has 1 aliphatic heterocycles. The van der Waals surface area contributed by atoms with E-state index in [9.17, 15) is 10.4 Å². The van der Waals surface area contributed by atoms with Crippen molar-refractivity contribution < 1.29 is 5.11 Å². The minimum Gasteiger partial charge on any atom is -0.393 e. The first-order valence-corrected chi connectivity index (χ1v) is 10.8. The van der Waals surface area contributed by atoms with Gasteiger partial charge in [0.25, 0.3) is 0 Å². The van der Waals surface area contributed by atoms with Gasteiger partial charge >= 0.3 is 0 Å². The SMILES string of the molecule is N#Cc1cc(Nc2nc(-c3ccncc3)nc3c2CCC3)ccc1N1CCC(O)CC1. The average molecular weight is 412 g/mol. The van der Waals surface area contributed by atoms with Crippen LogP contribution in [0.15, 0.2) is 42.7 Å². The van der Waals surface area contributed by atoms with E-state index in [4.69, 9.17) is 9.97 Å². The number of nitrogens with zero attached hydrogens (tertiary/aromatic N) is 5. The fourth-order valence-electron chi connectivity index (χ4n) is 4.39. The van der Waals surface area contributed by atoms with Gasteiger partial charge in [-0.3, -0.25) is 4.98 Å². The van der Waals surface area contributed by atoms with E-state index in [-0.39, 0.29) is 6.10 Å². The number of aliphatic hydroxyl groups is 1. The molecule has 1 saturated heterocycles. The summed E-state index contributed by atoms with van der Waals surface area (Å²) in [7, 11) is 0. The van der Waals surface area contributed by atoms with Crippen molar-refractivity contribution in [2.75, 3.05) is 23.3 Å². The molecule has 2 aromatic heterocycles. The number of aromatic nitrogens is 3. The van der Waals surface area contributed by atoms with Crippen molar-refractivity contribution in [2.45, 2.75) is 38.2 Å². The predicted molar refractivity (Wildman–Crippen MR) is 119 cm³/mol.